The van der Waals surface area contributed by atoms with Crippen LogP contribution in [-0.4, -0.2) is 47.2 Å². The van der Waals surface area contributed by atoms with Crippen LogP contribution in [0.4, 0.5) is 10.2 Å². The highest BCUT2D eigenvalue weighted by Crippen LogP contribution is 2.38. The smallest absolute Gasteiger partial charge is 0.325 e. The Labute approximate surface area is 219 Å². The predicted octanol–water partition coefficient (Wildman–Crippen LogP) is 6.07. The van der Waals surface area contributed by atoms with Crippen molar-refractivity contribution in [2.45, 2.75) is 82.8 Å². The molecule has 3 aliphatic heterocycles. The lowest BCUT2D eigenvalue weighted by Crippen LogP contribution is -2.33. The lowest BCUT2D eigenvalue weighted by atomic mass is 9.94. The standard InChI is InChI=1S/C30H40FN3O3/c31-23-12-14-25(27-10-6-18-37-27)26(19-23)28(30(35)36)34-17-15-21(20-34)7-3-1-2-4-9-24-13-11-22-8-5-16-32-29(22)33-24/h11-14,19,21,27-28H,1-10,15-18,20H2,(H,32,33)(H,35,36)/t21-,27?,28?/m1/s1. The molecule has 3 atom stereocenters. The minimum atomic E-state index is -0.906. The van der Waals surface area contributed by atoms with Gasteiger partial charge in [0.05, 0.1) is 6.10 Å². The highest BCUT2D eigenvalue weighted by Gasteiger charge is 2.36. The summed E-state index contributed by atoms with van der Waals surface area (Å²) in [6.45, 7) is 3.19. The average Bonchev–Trinajstić information content (AvgIpc) is 3.59. The van der Waals surface area contributed by atoms with E-state index in [9.17, 15) is 14.3 Å². The van der Waals surface area contributed by atoms with Crippen LogP contribution in [0, 0.1) is 11.7 Å². The Hall–Kier alpha value is -2.51. The number of anilines is 1. The summed E-state index contributed by atoms with van der Waals surface area (Å²) in [6, 6.07) is 8.15. The first-order valence-corrected chi connectivity index (χ1v) is 14.2. The Kier molecular flexibility index (Phi) is 8.72. The average molecular weight is 510 g/mol. The highest BCUT2D eigenvalue weighted by atomic mass is 19.1. The number of nitrogens with one attached hydrogen (secondary N) is 1. The van der Waals surface area contributed by atoms with Crippen LogP contribution >= 0.6 is 0 Å². The lowest BCUT2D eigenvalue weighted by molar-refractivity contribution is -0.143. The van der Waals surface area contributed by atoms with Gasteiger partial charge in [-0.25, -0.2) is 9.37 Å². The number of aliphatic carboxylic acids is 1. The lowest BCUT2D eigenvalue weighted by Gasteiger charge is -2.28. The van der Waals surface area contributed by atoms with Gasteiger partial charge in [-0.1, -0.05) is 31.4 Å². The van der Waals surface area contributed by atoms with E-state index in [1.807, 2.05) is 4.90 Å². The number of hydrogen-bond acceptors (Lipinski definition) is 5. The van der Waals surface area contributed by atoms with Crippen molar-refractivity contribution in [3.05, 3.63) is 58.5 Å². The number of hydrogen-bond donors (Lipinski definition) is 2. The molecule has 2 saturated heterocycles. The maximum atomic E-state index is 14.2. The molecular formula is C30H40FN3O3. The number of carboxylic acid groups (broad SMARTS) is 1. The number of fused-ring (bicyclic) bond motifs is 1. The first-order valence-electron chi connectivity index (χ1n) is 14.2. The number of carboxylic acids is 1. The molecule has 0 aliphatic carbocycles. The maximum Gasteiger partial charge on any atom is 0.325 e. The molecule has 0 radical (unpaired) electrons. The Bertz CT molecular complexity index is 1070. The molecule has 5 rings (SSSR count). The van der Waals surface area contributed by atoms with Crippen LogP contribution in [0.15, 0.2) is 30.3 Å². The zero-order valence-electron chi connectivity index (χ0n) is 21.8. The normalized spacial score (nSPS) is 22.5. The zero-order chi connectivity index (χ0) is 25.6. The van der Waals surface area contributed by atoms with Crippen LogP contribution in [0.3, 0.4) is 0 Å². The van der Waals surface area contributed by atoms with Gasteiger partial charge in [-0.05, 0) is 98.7 Å². The summed E-state index contributed by atoms with van der Waals surface area (Å²) in [5.74, 6) is 0.280. The van der Waals surface area contributed by atoms with Gasteiger partial charge < -0.3 is 15.2 Å². The molecule has 7 heteroatoms. The van der Waals surface area contributed by atoms with Crippen LogP contribution in [-0.2, 0) is 22.4 Å². The number of likely N-dealkylation sites (tertiary alicyclic amines) is 1. The van der Waals surface area contributed by atoms with Crippen molar-refractivity contribution in [2.24, 2.45) is 5.92 Å². The largest absolute Gasteiger partial charge is 0.480 e. The number of pyridine rings is 1. The summed E-state index contributed by atoms with van der Waals surface area (Å²) in [5, 5.41) is 13.6. The summed E-state index contributed by atoms with van der Waals surface area (Å²) >= 11 is 0. The van der Waals surface area contributed by atoms with Gasteiger partial charge in [0, 0.05) is 25.4 Å². The molecule has 0 bridgehead atoms. The first kappa shape index (κ1) is 26.1. The number of rotatable bonds is 11. The van der Waals surface area contributed by atoms with E-state index in [1.165, 1.54) is 42.7 Å². The molecule has 2 unspecified atom stereocenters. The minimum Gasteiger partial charge on any atom is -0.480 e. The quantitative estimate of drug-likeness (QED) is 0.358. The molecule has 6 nitrogen and oxygen atoms in total. The van der Waals surface area contributed by atoms with Gasteiger partial charge >= 0.3 is 5.97 Å². The van der Waals surface area contributed by atoms with Gasteiger partial charge in [0.1, 0.15) is 17.7 Å². The van der Waals surface area contributed by atoms with Crippen molar-refractivity contribution in [3.63, 3.8) is 0 Å². The SMILES string of the molecule is O=C(O)C(c1cc(F)ccc1C1CCCO1)N1CC[C@@H](CCCCCCc2ccc3c(n2)NCCC3)C1. The molecule has 1 aromatic carbocycles. The van der Waals surface area contributed by atoms with E-state index < -0.39 is 12.0 Å². The second-order valence-electron chi connectivity index (χ2n) is 11.0. The number of benzene rings is 1. The van der Waals surface area contributed by atoms with E-state index in [0.29, 0.717) is 18.1 Å². The van der Waals surface area contributed by atoms with Crippen molar-refractivity contribution in [2.75, 3.05) is 31.6 Å². The molecule has 0 spiro atoms. The van der Waals surface area contributed by atoms with Crippen LogP contribution in [0.2, 0.25) is 0 Å². The monoisotopic (exact) mass is 509 g/mol. The molecule has 3 aliphatic rings. The van der Waals surface area contributed by atoms with Gasteiger partial charge in [0.25, 0.3) is 0 Å². The minimum absolute atomic E-state index is 0.136. The fraction of sp³-hybridized carbons (Fsp3) is 0.600. The summed E-state index contributed by atoms with van der Waals surface area (Å²) in [4.78, 5) is 19.2. The topological polar surface area (TPSA) is 74.7 Å². The van der Waals surface area contributed by atoms with Gasteiger partial charge in [0.2, 0.25) is 0 Å². The van der Waals surface area contributed by atoms with Gasteiger partial charge in [-0.15, -0.1) is 0 Å². The third kappa shape index (κ3) is 6.50. The predicted molar refractivity (Wildman–Crippen MR) is 142 cm³/mol. The Morgan fingerprint density at radius 2 is 2.05 bits per heavy atom. The number of ether oxygens (including phenoxy) is 1. The fourth-order valence-corrected chi connectivity index (χ4v) is 6.32. The molecule has 200 valence electrons. The third-order valence-electron chi connectivity index (χ3n) is 8.28. The third-order valence-corrected chi connectivity index (χ3v) is 8.28. The zero-order valence-corrected chi connectivity index (χ0v) is 21.8. The van der Waals surface area contributed by atoms with Crippen LogP contribution in [0.1, 0.15) is 92.3 Å². The molecule has 2 aromatic rings. The summed E-state index contributed by atoms with van der Waals surface area (Å²) in [5.41, 5.74) is 3.91. The fourth-order valence-electron chi connectivity index (χ4n) is 6.32. The molecule has 1 aromatic heterocycles. The van der Waals surface area contributed by atoms with E-state index in [1.54, 1.807) is 6.07 Å². The summed E-state index contributed by atoms with van der Waals surface area (Å²) in [6.07, 6.45) is 11.8. The number of unbranched alkanes of at least 4 members (excludes halogenated alkanes) is 3. The van der Waals surface area contributed by atoms with Crippen LogP contribution in [0.25, 0.3) is 0 Å². The van der Waals surface area contributed by atoms with Crippen molar-refractivity contribution in [3.8, 4) is 0 Å². The number of halogens is 1. The van der Waals surface area contributed by atoms with Crippen molar-refractivity contribution in [1.82, 2.24) is 9.88 Å². The van der Waals surface area contributed by atoms with Gasteiger partial charge in [-0.3, -0.25) is 9.69 Å². The van der Waals surface area contributed by atoms with E-state index in [2.05, 4.69) is 17.4 Å². The van der Waals surface area contributed by atoms with Crippen LogP contribution < -0.4 is 5.32 Å². The molecule has 0 saturated carbocycles. The molecule has 37 heavy (non-hydrogen) atoms. The Balaban J connectivity index is 1.08. The maximum absolute atomic E-state index is 14.2. The van der Waals surface area contributed by atoms with Crippen molar-refractivity contribution < 1.29 is 19.0 Å². The number of nitrogens with zero attached hydrogens (tertiary/aromatic N) is 2. The van der Waals surface area contributed by atoms with Gasteiger partial charge in [-0.2, -0.15) is 0 Å². The van der Waals surface area contributed by atoms with E-state index in [0.717, 1.165) is 82.4 Å². The highest BCUT2D eigenvalue weighted by molar-refractivity contribution is 5.76. The number of aromatic nitrogens is 1. The van der Waals surface area contributed by atoms with Crippen molar-refractivity contribution >= 4 is 11.8 Å². The molecule has 4 heterocycles. The number of aryl methyl sites for hydroxylation is 2. The second-order valence-corrected chi connectivity index (χ2v) is 11.0. The molecular weight excluding hydrogens is 469 g/mol. The number of carbonyl (C=O) groups is 1. The molecule has 0 amide bonds. The first-order chi connectivity index (χ1) is 18.1. The van der Waals surface area contributed by atoms with Gasteiger partial charge in [0.15, 0.2) is 0 Å². The second kappa shape index (κ2) is 12.4. The van der Waals surface area contributed by atoms with E-state index in [-0.39, 0.29) is 11.9 Å². The van der Waals surface area contributed by atoms with E-state index in [4.69, 9.17) is 9.72 Å². The molecule has 2 fully saturated rings. The Morgan fingerprint density at radius 1 is 1.16 bits per heavy atom. The molecule has 2 N–H and O–H groups in total. The van der Waals surface area contributed by atoms with Crippen LogP contribution in [0.5, 0.6) is 0 Å². The summed E-state index contributed by atoms with van der Waals surface area (Å²) < 4.78 is 20.0. The van der Waals surface area contributed by atoms with Crippen molar-refractivity contribution in [1.29, 1.82) is 0 Å². The Morgan fingerprint density at radius 3 is 2.89 bits per heavy atom. The summed E-state index contributed by atoms with van der Waals surface area (Å²) in [7, 11) is 0. The van der Waals surface area contributed by atoms with E-state index >= 15 is 0 Å².